The van der Waals surface area contributed by atoms with Gasteiger partial charge in [-0.05, 0) is 25.6 Å². The number of aromatic nitrogens is 3. The maximum absolute atomic E-state index is 12.1. The molecule has 0 spiro atoms. The first-order valence-electron chi connectivity index (χ1n) is 8.14. The number of pyridine rings is 1. The highest BCUT2D eigenvalue weighted by Gasteiger charge is 2.18. The molecule has 136 valence electrons. The van der Waals surface area contributed by atoms with Gasteiger partial charge < -0.3 is 9.88 Å². The lowest BCUT2D eigenvalue weighted by Crippen LogP contribution is -2.19. The Morgan fingerprint density at radius 1 is 1.15 bits per heavy atom. The summed E-state index contributed by atoms with van der Waals surface area (Å²) in [6.07, 6.45) is 4.84. The Labute approximate surface area is 153 Å². The third-order valence-corrected chi connectivity index (χ3v) is 5.46. The number of nitrogens with one attached hydrogen (secondary N) is 2. The fourth-order valence-corrected chi connectivity index (χ4v) is 3.30. The van der Waals surface area contributed by atoms with Crippen LogP contribution in [0, 0.1) is 0 Å². The summed E-state index contributed by atoms with van der Waals surface area (Å²) >= 11 is 0. The Kier molecular flexibility index (Phi) is 5.06. The molecule has 7 nitrogen and oxygen atoms in total. The summed E-state index contributed by atoms with van der Waals surface area (Å²) in [6, 6.07) is 11.5. The Morgan fingerprint density at radius 3 is 2.50 bits per heavy atom. The third kappa shape index (κ3) is 3.76. The van der Waals surface area contributed by atoms with Crippen molar-refractivity contribution >= 4 is 15.8 Å². The molecule has 0 bridgehead atoms. The molecule has 1 atom stereocenters. The molecule has 2 aromatic heterocycles. The van der Waals surface area contributed by atoms with E-state index < -0.39 is 10.0 Å². The zero-order chi connectivity index (χ0) is 18.7. The van der Waals surface area contributed by atoms with E-state index in [1.807, 2.05) is 50.5 Å². The van der Waals surface area contributed by atoms with Crippen LogP contribution in [-0.2, 0) is 17.1 Å². The van der Waals surface area contributed by atoms with Gasteiger partial charge in [-0.15, -0.1) is 0 Å². The zero-order valence-corrected chi connectivity index (χ0v) is 15.7. The van der Waals surface area contributed by atoms with Crippen LogP contribution in [0.15, 0.2) is 60.0 Å². The molecule has 0 aliphatic carbocycles. The van der Waals surface area contributed by atoms with Crippen LogP contribution < -0.4 is 10.0 Å². The van der Waals surface area contributed by atoms with Gasteiger partial charge in [-0.25, -0.2) is 23.1 Å². The Balaban J connectivity index is 2.04. The van der Waals surface area contributed by atoms with E-state index in [0.717, 1.165) is 5.56 Å². The summed E-state index contributed by atoms with van der Waals surface area (Å²) in [5.41, 5.74) is 2.38. The van der Waals surface area contributed by atoms with Gasteiger partial charge in [-0.2, -0.15) is 0 Å². The van der Waals surface area contributed by atoms with Crippen LogP contribution in [0.5, 0.6) is 0 Å². The number of nitrogens with zero attached hydrogens (tertiary/aromatic N) is 3. The summed E-state index contributed by atoms with van der Waals surface area (Å²) < 4.78 is 28.4. The molecule has 8 heteroatoms. The SMILES string of the molecule is CNS(=O)(=O)c1cnc(N[C@H](C)c2ccccc2)c(-c2cn(C)cn2)c1. The van der Waals surface area contributed by atoms with Gasteiger partial charge in [0.15, 0.2) is 0 Å². The van der Waals surface area contributed by atoms with E-state index in [0.29, 0.717) is 17.1 Å². The highest BCUT2D eigenvalue weighted by Crippen LogP contribution is 2.30. The van der Waals surface area contributed by atoms with E-state index in [4.69, 9.17) is 0 Å². The topological polar surface area (TPSA) is 88.9 Å². The minimum atomic E-state index is -3.59. The van der Waals surface area contributed by atoms with E-state index in [2.05, 4.69) is 20.0 Å². The second-order valence-electron chi connectivity index (χ2n) is 5.98. The van der Waals surface area contributed by atoms with Gasteiger partial charge in [0.05, 0.1) is 12.0 Å². The van der Waals surface area contributed by atoms with Gasteiger partial charge in [0.25, 0.3) is 0 Å². The predicted molar refractivity (Wildman–Crippen MR) is 101 cm³/mol. The highest BCUT2D eigenvalue weighted by molar-refractivity contribution is 7.89. The molecule has 2 heterocycles. The van der Waals surface area contributed by atoms with Crippen molar-refractivity contribution < 1.29 is 8.42 Å². The second-order valence-corrected chi connectivity index (χ2v) is 7.86. The van der Waals surface area contributed by atoms with Crippen LogP contribution in [0.2, 0.25) is 0 Å². The molecule has 0 fully saturated rings. The number of sulfonamides is 1. The van der Waals surface area contributed by atoms with Gasteiger partial charge in [0.1, 0.15) is 10.7 Å². The zero-order valence-electron chi connectivity index (χ0n) is 14.8. The highest BCUT2D eigenvalue weighted by atomic mass is 32.2. The molecule has 26 heavy (non-hydrogen) atoms. The van der Waals surface area contributed by atoms with Gasteiger partial charge in [0, 0.05) is 31.0 Å². The van der Waals surface area contributed by atoms with Crippen LogP contribution >= 0.6 is 0 Å². The Hall–Kier alpha value is -2.71. The van der Waals surface area contributed by atoms with Crippen LogP contribution in [0.4, 0.5) is 5.82 Å². The van der Waals surface area contributed by atoms with E-state index in [1.54, 1.807) is 17.0 Å². The minimum absolute atomic E-state index is 0.00193. The van der Waals surface area contributed by atoms with Gasteiger partial charge in [0.2, 0.25) is 10.0 Å². The molecule has 0 amide bonds. The molecular formula is C18H21N5O2S. The van der Waals surface area contributed by atoms with Crippen molar-refractivity contribution in [2.45, 2.75) is 17.9 Å². The number of hydrogen-bond acceptors (Lipinski definition) is 5. The number of rotatable bonds is 6. The van der Waals surface area contributed by atoms with Crippen LogP contribution in [0.1, 0.15) is 18.5 Å². The maximum atomic E-state index is 12.1. The van der Waals surface area contributed by atoms with Crippen molar-refractivity contribution in [3.63, 3.8) is 0 Å². The van der Waals surface area contributed by atoms with E-state index >= 15 is 0 Å². The predicted octanol–water partition coefficient (Wildman–Crippen LogP) is 2.56. The van der Waals surface area contributed by atoms with Gasteiger partial charge >= 0.3 is 0 Å². The average Bonchev–Trinajstić information content (AvgIpc) is 3.08. The standard InChI is InChI=1S/C18H21N5O2S/c1-13(14-7-5-4-6-8-14)22-18-16(17-11-23(3)12-21-17)9-15(10-20-18)26(24,25)19-2/h4-13,19H,1-3H3,(H,20,22)/t13-/m1/s1. The molecular weight excluding hydrogens is 350 g/mol. The lowest BCUT2D eigenvalue weighted by molar-refractivity contribution is 0.588. The van der Waals surface area contributed by atoms with Gasteiger partial charge in [-0.1, -0.05) is 30.3 Å². The first-order chi connectivity index (χ1) is 12.4. The van der Waals surface area contributed by atoms with E-state index in [1.165, 1.54) is 13.2 Å². The largest absolute Gasteiger partial charge is 0.363 e. The molecule has 1 aromatic carbocycles. The molecule has 2 N–H and O–H groups in total. The summed E-state index contributed by atoms with van der Waals surface area (Å²) in [4.78, 5) is 8.80. The number of aryl methyl sites for hydroxylation is 1. The molecule has 3 aromatic rings. The Bertz CT molecular complexity index is 999. The normalized spacial score (nSPS) is 12.7. The summed E-state index contributed by atoms with van der Waals surface area (Å²) in [5, 5.41) is 3.36. The van der Waals surface area contributed by atoms with Crippen molar-refractivity contribution in [3.05, 3.63) is 60.7 Å². The van der Waals surface area contributed by atoms with Crippen molar-refractivity contribution in [2.75, 3.05) is 12.4 Å². The summed E-state index contributed by atoms with van der Waals surface area (Å²) in [5.74, 6) is 0.579. The average molecular weight is 371 g/mol. The van der Waals surface area contributed by atoms with Crippen LogP contribution in [0.25, 0.3) is 11.3 Å². The van der Waals surface area contributed by atoms with Crippen molar-refractivity contribution in [2.24, 2.45) is 7.05 Å². The molecule has 0 aliphatic rings. The fourth-order valence-electron chi connectivity index (χ4n) is 2.60. The molecule has 0 saturated carbocycles. The Morgan fingerprint density at radius 2 is 1.88 bits per heavy atom. The van der Waals surface area contributed by atoms with E-state index in [-0.39, 0.29) is 10.9 Å². The molecule has 0 radical (unpaired) electrons. The van der Waals surface area contributed by atoms with Crippen molar-refractivity contribution in [3.8, 4) is 11.3 Å². The molecule has 3 rings (SSSR count). The quantitative estimate of drug-likeness (QED) is 0.695. The maximum Gasteiger partial charge on any atom is 0.241 e. The van der Waals surface area contributed by atoms with Crippen LogP contribution in [-0.4, -0.2) is 30.0 Å². The van der Waals surface area contributed by atoms with Crippen molar-refractivity contribution in [1.82, 2.24) is 19.3 Å². The molecule has 0 aliphatic heterocycles. The smallest absolute Gasteiger partial charge is 0.241 e. The van der Waals surface area contributed by atoms with Gasteiger partial charge in [-0.3, -0.25) is 0 Å². The van der Waals surface area contributed by atoms with E-state index in [9.17, 15) is 8.42 Å². The lowest BCUT2D eigenvalue weighted by atomic mass is 10.1. The summed E-state index contributed by atoms with van der Waals surface area (Å²) in [7, 11) is -0.361. The third-order valence-electron chi connectivity index (χ3n) is 4.08. The molecule has 0 unspecified atom stereocenters. The fraction of sp³-hybridized carbons (Fsp3) is 0.222. The number of hydrogen-bond donors (Lipinski definition) is 2. The lowest BCUT2D eigenvalue weighted by Gasteiger charge is -2.17. The minimum Gasteiger partial charge on any atom is -0.363 e. The first kappa shape index (κ1) is 18.1. The number of anilines is 1. The second kappa shape index (κ2) is 7.27. The number of imidazole rings is 1. The monoisotopic (exact) mass is 371 g/mol. The summed E-state index contributed by atoms with van der Waals surface area (Å²) in [6.45, 7) is 2.03. The van der Waals surface area contributed by atoms with Crippen LogP contribution in [0.3, 0.4) is 0 Å². The number of benzene rings is 1. The van der Waals surface area contributed by atoms with Crippen molar-refractivity contribution in [1.29, 1.82) is 0 Å². The first-order valence-corrected chi connectivity index (χ1v) is 9.62. The molecule has 0 saturated heterocycles.